The van der Waals surface area contributed by atoms with E-state index in [1.165, 1.54) is 0 Å². The Morgan fingerprint density at radius 1 is 1.28 bits per heavy atom. The summed E-state index contributed by atoms with van der Waals surface area (Å²) in [6, 6.07) is 0.867. The standard InChI is InChI=1S/C12H26N4O2/c1-8(2)16(9(3)4)7-6-14-12(17)10(5)11(13)15-18/h8-10,18H,6-7H2,1-5H3,(H2,13,15)(H,14,17). The van der Waals surface area contributed by atoms with Gasteiger partial charge in [-0.3, -0.25) is 9.69 Å². The third-order valence-corrected chi connectivity index (χ3v) is 2.95. The monoisotopic (exact) mass is 258 g/mol. The van der Waals surface area contributed by atoms with Gasteiger partial charge in [0.1, 0.15) is 0 Å². The molecule has 18 heavy (non-hydrogen) atoms. The van der Waals surface area contributed by atoms with Gasteiger partial charge in [0.25, 0.3) is 0 Å². The van der Waals surface area contributed by atoms with E-state index in [1.807, 2.05) is 0 Å². The summed E-state index contributed by atoms with van der Waals surface area (Å²) in [6.07, 6.45) is 0. The van der Waals surface area contributed by atoms with E-state index >= 15 is 0 Å². The van der Waals surface area contributed by atoms with E-state index < -0.39 is 5.92 Å². The average Bonchev–Trinajstić information content (AvgIpc) is 2.31. The smallest absolute Gasteiger partial charge is 0.230 e. The first-order valence-corrected chi connectivity index (χ1v) is 6.32. The van der Waals surface area contributed by atoms with Gasteiger partial charge in [0.2, 0.25) is 5.91 Å². The fraction of sp³-hybridized carbons (Fsp3) is 0.833. The van der Waals surface area contributed by atoms with Crippen molar-refractivity contribution in [2.24, 2.45) is 16.8 Å². The number of hydrogen-bond donors (Lipinski definition) is 3. The largest absolute Gasteiger partial charge is 0.409 e. The Labute approximate surface area is 109 Å². The summed E-state index contributed by atoms with van der Waals surface area (Å²) in [4.78, 5) is 13.9. The van der Waals surface area contributed by atoms with Crippen LogP contribution in [0.1, 0.15) is 34.6 Å². The summed E-state index contributed by atoms with van der Waals surface area (Å²) in [5.74, 6) is -0.906. The summed E-state index contributed by atoms with van der Waals surface area (Å²) in [6.45, 7) is 11.4. The molecule has 0 radical (unpaired) electrons. The summed E-state index contributed by atoms with van der Waals surface area (Å²) in [5, 5.41) is 14.1. The first-order valence-electron chi connectivity index (χ1n) is 6.32. The molecule has 6 heteroatoms. The zero-order chi connectivity index (χ0) is 14.3. The number of nitrogens with zero attached hydrogens (tertiary/aromatic N) is 2. The van der Waals surface area contributed by atoms with E-state index in [1.54, 1.807) is 6.92 Å². The minimum Gasteiger partial charge on any atom is -0.409 e. The zero-order valence-corrected chi connectivity index (χ0v) is 12.0. The van der Waals surface area contributed by atoms with Crippen molar-refractivity contribution >= 4 is 11.7 Å². The van der Waals surface area contributed by atoms with Crippen molar-refractivity contribution < 1.29 is 10.0 Å². The normalized spacial score (nSPS) is 14.3. The molecular formula is C12H26N4O2. The minimum absolute atomic E-state index is 0.0722. The molecule has 1 atom stereocenters. The molecule has 0 aromatic rings. The maximum Gasteiger partial charge on any atom is 0.230 e. The Morgan fingerprint density at radius 3 is 2.17 bits per heavy atom. The van der Waals surface area contributed by atoms with Gasteiger partial charge in [0.15, 0.2) is 5.84 Å². The molecule has 0 saturated carbocycles. The Balaban J connectivity index is 4.15. The molecule has 0 heterocycles. The summed E-state index contributed by atoms with van der Waals surface area (Å²) < 4.78 is 0. The van der Waals surface area contributed by atoms with Crippen LogP contribution >= 0.6 is 0 Å². The van der Waals surface area contributed by atoms with Gasteiger partial charge in [-0.1, -0.05) is 5.16 Å². The van der Waals surface area contributed by atoms with E-state index in [0.717, 1.165) is 6.54 Å². The van der Waals surface area contributed by atoms with E-state index in [0.29, 0.717) is 18.6 Å². The van der Waals surface area contributed by atoms with E-state index in [9.17, 15) is 4.79 Å². The number of oxime groups is 1. The number of nitrogens with one attached hydrogen (secondary N) is 1. The van der Waals surface area contributed by atoms with Gasteiger partial charge in [0, 0.05) is 25.2 Å². The predicted molar refractivity (Wildman–Crippen MR) is 72.6 cm³/mol. The maximum atomic E-state index is 11.7. The van der Waals surface area contributed by atoms with Crippen molar-refractivity contribution in [1.82, 2.24) is 10.2 Å². The topological polar surface area (TPSA) is 91.0 Å². The van der Waals surface area contributed by atoms with Crippen LogP contribution in [0.25, 0.3) is 0 Å². The first kappa shape index (κ1) is 16.7. The second-order valence-electron chi connectivity index (χ2n) is 4.96. The van der Waals surface area contributed by atoms with Crippen LogP contribution in [-0.4, -0.2) is 47.0 Å². The van der Waals surface area contributed by atoms with Crippen molar-refractivity contribution in [3.63, 3.8) is 0 Å². The Hall–Kier alpha value is -1.30. The van der Waals surface area contributed by atoms with Gasteiger partial charge in [-0.25, -0.2) is 0 Å². The van der Waals surface area contributed by atoms with Gasteiger partial charge in [0.05, 0.1) is 5.92 Å². The van der Waals surface area contributed by atoms with Crippen LogP contribution in [0.2, 0.25) is 0 Å². The molecule has 0 aliphatic heterocycles. The zero-order valence-electron chi connectivity index (χ0n) is 12.0. The molecule has 0 aliphatic rings. The first-order chi connectivity index (χ1) is 8.31. The molecule has 1 unspecified atom stereocenters. The molecule has 0 aromatic carbocycles. The summed E-state index contributed by atoms with van der Waals surface area (Å²) in [7, 11) is 0. The van der Waals surface area contributed by atoms with E-state index in [-0.39, 0.29) is 11.7 Å². The van der Waals surface area contributed by atoms with Crippen LogP contribution < -0.4 is 11.1 Å². The molecule has 0 spiro atoms. The molecule has 6 nitrogen and oxygen atoms in total. The molecule has 0 bridgehead atoms. The van der Waals surface area contributed by atoms with Crippen LogP contribution in [0, 0.1) is 5.92 Å². The lowest BCUT2D eigenvalue weighted by Crippen LogP contribution is -2.44. The van der Waals surface area contributed by atoms with Gasteiger partial charge in [-0.2, -0.15) is 0 Å². The lowest BCUT2D eigenvalue weighted by atomic mass is 10.1. The van der Waals surface area contributed by atoms with Crippen LogP contribution in [0.5, 0.6) is 0 Å². The number of carbonyl (C=O) groups excluding carboxylic acids is 1. The fourth-order valence-corrected chi connectivity index (χ4v) is 1.79. The van der Waals surface area contributed by atoms with Crippen LogP contribution in [0.15, 0.2) is 5.16 Å². The highest BCUT2D eigenvalue weighted by Gasteiger charge is 2.18. The Bertz CT molecular complexity index is 282. The third kappa shape index (κ3) is 5.35. The summed E-state index contributed by atoms with van der Waals surface area (Å²) >= 11 is 0. The molecular weight excluding hydrogens is 232 g/mol. The second-order valence-corrected chi connectivity index (χ2v) is 4.96. The quantitative estimate of drug-likeness (QED) is 0.270. The number of rotatable bonds is 7. The van der Waals surface area contributed by atoms with Gasteiger partial charge >= 0.3 is 0 Å². The number of nitrogens with two attached hydrogens (primary N) is 1. The van der Waals surface area contributed by atoms with E-state index in [4.69, 9.17) is 10.9 Å². The molecule has 106 valence electrons. The minimum atomic E-state index is -0.610. The fourth-order valence-electron chi connectivity index (χ4n) is 1.79. The molecule has 0 aliphatic carbocycles. The Morgan fingerprint density at radius 2 is 1.78 bits per heavy atom. The lowest BCUT2D eigenvalue weighted by Gasteiger charge is -2.30. The molecule has 0 aromatic heterocycles. The average molecular weight is 258 g/mol. The van der Waals surface area contributed by atoms with Crippen LogP contribution in [-0.2, 0) is 4.79 Å². The number of amides is 1. The number of hydrogen-bond acceptors (Lipinski definition) is 4. The molecule has 0 fully saturated rings. The highest BCUT2D eigenvalue weighted by atomic mass is 16.4. The van der Waals surface area contributed by atoms with Gasteiger partial charge in [-0.15, -0.1) is 0 Å². The molecule has 0 rings (SSSR count). The predicted octanol–water partition coefficient (Wildman–Crippen LogP) is 0.604. The Kier molecular flexibility index (Phi) is 7.35. The summed E-state index contributed by atoms with van der Waals surface area (Å²) in [5.41, 5.74) is 5.37. The highest BCUT2D eigenvalue weighted by molar-refractivity contribution is 6.01. The number of carbonyl (C=O) groups is 1. The van der Waals surface area contributed by atoms with Gasteiger partial charge in [-0.05, 0) is 34.6 Å². The molecule has 4 N–H and O–H groups in total. The lowest BCUT2D eigenvalue weighted by molar-refractivity contribution is -0.122. The van der Waals surface area contributed by atoms with Crippen LogP contribution in [0.4, 0.5) is 0 Å². The maximum absolute atomic E-state index is 11.7. The van der Waals surface area contributed by atoms with Crippen LogP contribution in [0.3, 0.4) is 0 Å². The van der Waals surface area contributed by atoms with Gasteiger partial charge < -0.3 is 16.3 Å². The van der Waals surface area contributed by atoms with Crippen molar-refractivity contribution in [2.75, 3.05) is 13.1 Å². The van der Waals surface area contributed by atoms with E-state index in [2.05, 4.69) is 43.1 Å². The van der Waals surface area contributed by atoms with Crippen molar-refractivity contribution in [2.45, 2.75) is 46.7 Å². The SMILES string of the molecule is CC(C(=O)NCCN(C(C)C)C(C)C)C(N)=NO. The van der Waals surface area contributed by atoms with Crippen molar-refractivity contribution in [1.29, 1.82) is 0 Å². The number of amidine groups is 1. The van der Waals surface area contributed by atoms with Crippen molar-refractivity contribution in [3.8, 4) is 0 Å². The molecule has 1 amide bonds. The van der Waals surface area contributed by atoms with Crippen molar-refractivity contribution in [3.05, 3.63) is 0 Å². The highest BCUT2D eigenvalue weighted by Crippen LogP contribution is 2.03. The second kappa shape index (κ2) is 7.92. The molecule has 0 saturated heterocycles. The third-order valence-electron chi connectivity index (χ3n) is 2.95.